The SMILES string of the molecule is C=CCNCCN(CCO)Cc1ccccc1. The van der Waals surface area contributed by atoms with Crippen molar-refractivity contribution in [2.75, 3.05) is 32.8 Å². The molecule has 0 spiro atoms. The van der Waals surface area contributed by atoms with Crippen molar-refractivity contribution in [3.8, 4) is 0 Å². The maximum absolute atomic E-state index is 9.04. The first-order chi connectivity index (χ1) is 8.36. The average molecular weight is 234 g/mol. The zero-order chi connectivity index (χ0) is 12.3. The Morgan fingerprint density at radius 1 is 1.24 bits per heavy atom. The van der Waals surface area contributed by atoms with Crippen molar-refractivity contribution in [2.24, 2.45) is 0 Å². The zero-order valence-corrected chi connectivity index (χ0v) is 10.3. The van der Waals surface area contributed by atoms with Crippen LogP contribution in [0.3, 0.4) is 0 Å². The van der Waals surface area contributed by atoms with Crippen LogP contribution in [-0.2, 0) is 6.54 Å². The second kappa shape index (κ2) is 8.93. The summed E-state index contributed by atoms with van der Waals surface area (Å²) < 4.78 is 0. The molecule has 1 rings (SSSR count). The monoisotopic (exact) mass is 234 g/mol. The number of rotatable bonds is 9. The number of hydrogen-bond acceptors (Lipinski definition) is 3. The van der Waals surface area contributed by atoms with Crippen molar-refractivity contribution >= 4 is 0 Å². The Balaban J connectivity index is 2.34. The molecule has 0 aliphatic rings. The lowest BCUT2D eigenvalue weighted by Gasteiger charge is -2.21. The highest BCUT2D eigenvalue weighted by Crippen LogP contribution is 2.03. The molecule has 94 valence electrons. The van der Waals surface area contributed by atoms with Crippen LogP contribution in [-0.4, -0.2) is 42.8 Å². The first kappa shape index (κ1) is 13.9. The molecule has 17 heavy (non-hydrogen) atoms. The Morgan fingerprint density at radius 2 is 2.00 bits per heavy atom. The van der Waals surface area contributed by atoms with Gasteiger partial charge in [-0.15, -0.1) is 6.58 Å². The molecule has 0 fully saturated rings. The fourth-order valence-electron chi connectivity index (χ4n) is 1.69. The van der Waals surface area contributed by atoms with Gasteiger partial charge in [0.25, 0.3) is 0 Å². The van der Waals surface area contributed by atoms with E-state index in [-0.39, 0.29) is 6.61 Å². The molecule has 0 aromatic heterocycles. The fourth-order valence-corrected chi connectivity index (χ4v) is 1.69. The maximum atomic E-state index is 9.04. The summed E-state index contributed by atoms with van der Waals surface area (Å²) >= 11 is 0. The lowest BCUT2D eigenvalue weighted by molar-refractivity contribution is 0.191. The minimum atomic E-state index is 0.203. The third kappa shape index (κ3) is 6.22. The van der Waals surface area contributed by atoms with E-state index in [1.807, 2.05) is 24.3 Å². The molecular formula is C14H22N2O. The van der Waals surface area contributed by atoms with Crippen molar-refractivity contribution in [3.05, 3.63) is 48.6 Å². The van der Waals surface area contributed by atoms with E-state index in [2.05, 4.69) is 28.9 Å². The van der Waals surface area contributed by atoms with Crippen LogP contribution in [0.25, 0.3) is 0 Å². The topological polar surface area (TPSA) is 35.5 Å². The maximum Gasteiger partial charge on any atom is 0.0558 e. The van der Waals surface area contributed by atoms with Gasteiger partial charge in [-0.1, -0.05) is 36.4 Å². The van der Waals surface area contributed by atoms with Gasteiger partial charge < -0.3 is 10.4 Å². The summed E-state index contributed by atoms with van der Waals surface area (Å²) in [5, 5.41) is 12.3. The van der Waals surface area contributed by atoms with E-state index >= 15 is 0 Å². The van der Waals surface area contributed by atoms with Crippen LogP contribution in [0.2, 0.25) is 0 Å². The Kier molecular flexibility index (Phi) is 7.30. The second-order valence-corrected chi connectivity index (χ2v) is 3.98. The molecule has 3 nitrogen and oxygen atoms in total. The van der Waals surface area contributed by atoms with Crippen LogP contribution >= 0.6 is 0 Å². The summed E-state index contributed by atoms with van der Waals surface area (Å²) in [6.07, 6.45) is 1.85. The molecule has 0 radical (unpaired) electrons. The van der Waals surface area contributed by atoms with Crippen molar-refractivity contribution in [1.82, 2.24) is 10.2 Å². The predicted octanol–water partition coefficient (Wildman–Crippen LogP) is 1.26. The van der Waals surface area contributed by atoms with Gasteiger partial charge >= 0.3 is 0 Å². The van der Waals surface area contributed by atoms with Gasteiger partial charge in [-0.3, -0.25) is 4.90 Å². The third-order valence-electron chi connectivity index (χ3n) is 2.56. The van der Waals surface area contributed by atoms with E-state index in [9.17, 15) is 0 Å². The van der Waals surface area contributed by atoms with E-state index in [0.29, 0.717) is 6.54 Å². The molecule has 0 aliphatic heterocycles. The Hall–Kier alpha value is -1.16. The fraction of sp³-hybridized carbons (Fsp3) is 0.429. The van der Waals surface area contributed by atoms with Gasteiger partial charge in [0.05, 0.1) is 6.61 Å². The molecule has 2 N–H and O–H groups in total. The standard InChI is InChI=1S/C14H22N2O/c1-2-8-15-9-10-16(11-12-17)13-14-6-4-3-5-7-14/h2-7,15,17H,1,8-13H2. The smallest absolute Gasteiger partial charge is 0.0558 e. The van der Waals surface area contributed by atoms with E-state index in [1.165, 1.54) is 5.56 Å². The van der Waals surface area contributed by atoms with Gasteiger partial charge in [-0.25, -0.2) is 0 Å². The summed E-state index contributed by atoms with van der Waals surface area (Å²) in [5.74, 6) is 0. The molecule has 0 atom stereocenters. The zero-order valence-electron chi connectivity index (χ0n) is 10.3. The van der Waals surface area contributed by atoms with Crippen LogP contribution in [0, 0.1) is 0 Å². The number of nitrogens with zero attached hydrogens (tertiary/aromatic N) is 1. The van der Waals surface area contributed by atoms with Gasteiger partial charge in [0.1, 0.15) is 0 Å². The lowest BCUT2D eigenvalue weighted by atomic mass is 10.2. The van der Waals surface area contributed by atoms with E-state index in [4.69, 9.17) is 5.11 Å². The van der Waals surface area contributed by atoms with Crippen molar-refractivity contribution in [1.29, 1.82) is 0 Å². The first-order valence-corrected chi connectivity index (χ1v) is 6.05. The Labute approximate surface area is 104 Å². The van der Waals surface area contributed by atoms with Crippen LogP contribution in [0.15, 0.2) is 43.0 Å². The highest BCUT2D eigenvalue weighted by Gasteiger charge is 2.04. The molecule has 0 unspecified atom stereocenters. The largest absolute Gasteiger partial charge is 0.395 e. The quantitative estimate of drug-likeness (QED) is 0.499. The van der Waals surface area contributed by atoms with Crippen LogP contribution in [0.1, 0.15) is 5.56 Å². The number of hydrogen-bond donors (Lipinski definition) is 2. The summed E-state index contributed by atoms with van der Waals surface area (Å²) in [7, 11) is 0. The van der Waals surface area contributed by atoms with Gasteiger partial charge in [0.15, 0.2) is 0 Å². The number of aliphatic hydroxyl groups is 1. The summed E-state index contributed by atoms with van der Waals surface area (Å²) in [6, 6.07) is 10.3. The first-order valence-electron chi connectivity index (χ1n) is 6.05. The lowest BCUT2D eigenvalue weighted by Crippen LogP contribution is -2.33. The molecule has 1 aromatic rings. The third-order valence-corrected chi connectivity index (χ3v) is 2.56. The second-order valence-electron chi connectivity index (χ2n) is 3.98. The normalized spacial score (nSPS) is 10.7. The summed E-state index contributed by atoms with van der Waals surface area (Å²) in [4.78, 5) is 2.24. The van der Waals surface area contributed by atoms with Crippen LogP contribution < -0.4 is 5.32 Å². The highest BCUT2D eigenvalue weighted by atomic mass is 16.3. The molecule has 1 aromatic carbocycles. The summed E-state index contributed by atoms with van der Waals surface area (Å²) in [5.41, 5.74) is 1.28. The molecule has 0 amide bonds. The Morgan fingerprint density at radius 3 is 2.65 bits per heavy atom. The van der Waals surface area contributed by atoms with Gasteiger partial charge in [0.2, 0.25) is 0 Å². The molecule has 3 heteroatoms. The van der Waals surface area contributed by atoms with Crippen molar-refractivity contribution in [2.45, 2.75) is 6.54 Å². The highest BCUT2D eigenvalue weighted by molar-refractivity contribution is 5.14. The number of aliphatic hydroxyl groups excluding tert-OH is 1. The number of benzene rings is 1. The average Bonchev–Trinajstić information content (AvgIpc) is 2.36. The van der Waals surface area contributed by atoms with Crippen molar-refractivity contribution < 1.29 is 5.11 Å². The molecule has 0 heterocycles. The minimum Gasteiger partial charge on any atom is -0.395 e. The molecule has 0 aliphatic carbocycles. The minimum absolute atomic E-state index is 0.203. The van der Waals surface area contributed by atoms with Crippen molar-refractivity contribution in [3.63, 3.8) is 0 Å². The molecule has 0 saturated heterocycles. The number of nitrogens with one attached hydrogen (secondary N) is 1. The van der Waals surface area contributed by atoms with Gasteiger partial charge in [-0.2, -0.15) is 0 Å². The molecule has 0 bridgehead atoms. The van der Waals surface area contributed by atoms with Gasteiger partial charge in [0, 0.05) is 32.7 Å². The van der Waals surface area contributed by atoms with Crippen LogP contribution in [0.5, 0.6) is 0 Å². The molecule has 0 saturated carbocycles. The van der Waals surface area contributed by atoms with E-state index < -0.39 is 0 Å². The molecular weight excluding hydrogens is 212 g/mol. The van der Waals surface area contributed by atoms with Gasteiger partial charge in [-0.05, 0) is 5.56 Å². The predicted molar refractivity (Wildman–Crippen MR) is 71.9 cm³/mol. The van der Waals surface area contributed by atoms with E-state index in [0.717, 1.165) is 26.2 Å². The van der Waals surface area contributed by atoms with E-state index in [1.54, 1.807) is 0 Å². The van der Waals surface area contributed by atoms with Crippen LogP contribution in [0.4, 0.5) is 0 Å². The summed E-state index contributed by atoms with van der Waals surface area (Å²) in [6.45, 7) is 8.15. The Bertz CT molecular complexity index is 300.